The van der Waals surface area contributed by atoms with Gasteiger partial charge in [0.25, 0.3) is 0 Å². The Balaban J connectivity index is 3.12. The van der Waals surface area contributed by atoms with Crippen LogP contribution in [0.25, 0.3) is 0 Å². The molecule has 0 aliphatic heterocycles. The van der Waals surface area contributed by atoms with Crippen molar-refractivity contribution in [2.24, 2.45) is 5.73 Å². The summed E-state index contributed by atoms with van der Waals surface area (Å²) in [5.41, 5.74) is 6.03. The van der Waals surface area contributed by atoms with Gasteiger partial charge >= 0.3 is 5.97 Å². The maximum absolute atomic E-state index is 10.5. The predicted molar refractivity (Wildman–Crippen MR) is 60.7 cm³/mol. The van der Waals surface area contributed by atoms with Gasteiger partial charge in [-0.3, -0.25) is 4.79 Å². The van der Waals surface area contributed by atoms with E-state index in [2.05, 4.69) is 0 Å². The van der Waals surface area contributed by atoms with Crippen LogP contribution in [-0.4, -0.2) is 11.1 Å². The number of benzene rings is 1. The molecule has 0 radical (unpaired) electrons. The van der Waals surface area contributed by atoms with Crippen molar-refractivity contribution in [3.8, 4) is 0 Å². The summed E-state index contributed by atoms with van der Waals surface area (Å²) in [6.07, 6.45) is -0.250. The fraction of sp³-hybridized carbons (Fsp3) is 0.222. The summed E-state index contributed by atoms with van der Waals surface area (Å²) in [7, 11) is 0. The maximum atomic E-state index is 10.5. The minimum atomic E-state index is -1.02. The number of carbonyl (C=O) groups is 1. The van der Waals surface area contributed by atoms with Gasteiger partial charge in [0.05, 0.1) is 16.5 Å². The number of nitrogens with two attached hydrogens (primary N) is 1. The van der Waals surface area contributed by atoms with E-state index in [0.29, 0.717) is 15.6 Å². The molecule has 0 aliphatic carbocycles. The van der Waals surface area contributed by atoms with E-state index in [-0.39, 0.29) is 11.4 Å². The summed E-state index contributed by atoms with van der Waals surface area (Å²) in [6, 6.07) is 2.30. The minimum absolute atomic E-state index is 0.206. The van der Waals surface area contributed by atoms with E-state index < -0.39 is 12.0 Å². The quantitative estimate of drug-likeness (QED) is 0.828. The van der Waals surface area contributed by atoms with Crippen LogP contribution in [0, 0.1) is 0 Å². The first kappa shape index (κ1) is 12.6. The topological polar surface area (TPSA) is 63.3 Å². The molecule has 0 fully saturated rings. The molecule has 0 amide bonds. The van der Waals surface area contributed by atoms with Gasteiger partial charge in [-0.05, 0) is 12.1 Å². The number of hydrogen-bond donors (Lipinski definition) is 2. The Morgan fingerprint density at radius 1 is 1.33 bits per heavy atom. The lowest BCUT2D eigenvalue weighted by molar-refractivity contribution is -0.137. The van der Waals surface area contributed by atoms with Crippen LogP contribution in [0.5, 0.6) is 0 Å². The van der Waals surface area contributed by atoms with Gasteiger partial charge in [0.1, 0.15) is 0 Å². The summed E-state index contributed by atoms with van der Waals surface area (Å²) in [5, 5.41) is 9.42. The standard InChI is InChI=1S/C9H8Cl3NO2/c10-4-1-2-5(11)9(12)8(4)6(13)3-7(14)15/h1-2,6H,3,13H2,(H,14,15)/t6-/m0/s1. The summed E-state index contributed by atoms with van der Waals surface area (Å²) in [4.78, 5) is 10.5. The Bertz CT molecular complexity index is 395. The average molecular weight is 269 g/mol. The van der Waals surface area contributed by atoms with Crippen molar-refractivity contribution in [3.05, 3.63) is 32.8 Å². The molecule has 0 unspecified atom stereocenters. The molecule has 0 spiro atoms. The Labute approximate surface area is 102 Å². The molecule has 82 valence electrons. The number of rotatable bonds is 3. The fourth-order valence-electron chi connectivity index (χ4n) is 1.17. The summed E-state index contributed by atoms with van der Waals surface area (Å²) in [6.45, 7) is 0. The van der Waals surface area contributed by atoms with Gasteiger partial charge < -0.3 is 10.8 Å². The summed E-state index contributed by atoms with van der Waals surface area (Å²) in [5.74, 6) is -1.02. The molecule has 1 aromatic carbocycles. The lowest BCUT2D eigenvalue weighted by atomic mass is 10.0. The molecule has 0 aromatic heterocycles. The molecule has 15 heavy (non-hydrogen) atoms. The predicted octanol–water partition coefficient (Wildman–Crippen LogP) is 3.12. The van der Waals surface area contributed by atoms with Crippen molar-refractivity contribution in [1.29, 1.82) is 0 Å². The van der Waals surface area contributed by atoms with Gasteiger partial charge in [-0.1, -0.05) is 34.8 Å². The Morgan fingerprint density at radius 3 is 2.40 bits per heavy atom. The van der Waals surface area contributed by atoms with Crippen LogP contribution in [0.1, 0.15) is 18.0 Å². The molecule has 3 nitrogen and oxygen atoms in total. The molecular weight excluding hydrogens is 260 g/mol. The average Bonchev–Trinajstić information content (AvgIpc) is 2.11. The smallest absolute Gasteiger partial charge is 0.305 e. The van der Waals surface area contributed by atoms with Crippen LogP contribution in [0.2, 0.25) is 15.1 Å². The second-order valence-electron chi connectivity index (χ2n) is 2.96. The van der Waals surface area contributed by atoms with E-state index in [1.54, 1.807) is 0 Å². The first-order valence-corrected chi connectivity index (χ1v) is 5.17. The SMILES string of the molecule is N[C@@H](CC(=O)O)c1c(Cl)ccc(Cl)c1Cl. The first-order valence-electron chi connectivity index (χ1n) is 4.04. The highest BCUT2D eigenvalue weighted by molar-refractivity contribution is 6.44. The van der Waals surface area contributed by atoms with Crippen LogP contribution in [0.4, 0.5) is 0 Å². The highest BCUT2D eigenvalue weighted by Crippen LogP contribution is 2.35. The van der Waals surface area contributed by atoms with Gasteiger partial charge in [0, 0.05) is 16.6 Å². The zero-order valence-electron chi connectivity index (χ0n) is 7.51. The Kier molecular flexibility index (Phi) is 4.22. The van der Waals surface area contributed by atoms with Gasteiger partial charge in [-0.25, -0.2) is 0 Å². The molecule has 1 aromatic rings. The van der Waals surface area contributed by atoms with Crippen molar-refractivity contribution in [3.63, 3.8) is 0 Å². The van der Waals surface area contributed by atoms with Gasteiger partial charge in [0.15, 0.2) is 0 Å². The molecule has 0 heterocycles. The molecule has 1 atom stereocenters. The van der Waals surface area contributed by atoms with Crippen LogP contribution >= 0.6 is 34.8 Å². The largest absolute Gasteiger partial charge is 0.481 e. The van der Waals surface area contributed by atoms with Crippen LogP contribution < -0.4 is 5.73 Å². The number of aliphatic carboxylic acids is 1. The third-order valence-corrected chi connectivity index (χ3v) is 2.99. The van der Waals surface area contributed by atoms with E-state index >= 15 is 0 Å². The van der Waals surface area contributed by atoms with E-state index in [1.165, 1.54) is 12.1 Å². The zero-order valence-corrected chi connectivity index (χ0v) is 9.77. The number of hydrogen-bond acceptors (Lipinski definition) is 2. The van der Waals surface area contributed by atoms with E-state index in [1.807, 2.05) is 0 Å². The highest BCUT2D eigenvalue weighted by atomic mass is 35.5. The van der Waals surface area contributed by atoms with E-state index in [0.717, 1.165) is 0 Å². The molecule has 6 heteroatoms. The Hall–Kier alpha value is -0.480. The second-order valence-corrected chi connectivity index (χ2v) is 4.15. The molecule has 1 rings (SSSR count). The monoisotopic (exact) mass is 267 g/mol. The van der Waals surface area contributed by atoms with E-state index in [9.17, 15) is 4.79 Å². The van der Waals surface area contributed by atoms with Crippen LogP contribution in [-0.2, 0) is 4.79 Å². The van der Waals surface area contributed by atoms with Crippen molar-refractivity contribution in [2.45, 2.75) is 12.5 Å². The van der Waals surface area contributed by atoms with Crippen LogP contribution in [0.15, 0.2) is 12.1 Å². The van der Waals surface area contributed by atoms with E-state index in [4.69, 9.17) is 45.6 Å². The maximum Gasteiger partial charge on any atom is 0.305 e. The minimum Gasteiger partial charge on any atom is -0.481 e. The summed E-state index contributed by atoms with van der Waals surface area (Å²) >= 11 is 17.5. The molecule has 0 aliphatic rings. The van der Waals surface area contributed by atoms with Crippen molar-refractivity contribution in [1.82, 2.24) is 0 Å². The van der Waals surface area contributed by atoms with Crippen molar-refractivity contribution < 1.29 is 9.90 Å². The number of carboxylic acids is 1. The Morgan fingerprint density at radius 2 is 1.87 bits per heavy atom. The number of carboxylic acid groups (broad SMARTS) is 1. The number of halogens is 3. The fourth-order valence-corrected chi connectivity index (χ4v) is 1.99. The van der Waals surface area contributed by atoms with Gasteiger partial charge in [-0.2, -0.15) is 0 Å². The molecule has 0 saturated carbocycles. The lowest BCUT2D eigenvalue weighted by Gasteiger charge is -2.14. The molecule has 3 N–H and O–H groups in total. The highest BCUT2D eigenvalue weighted by Gasteiger charge is 2.18. The van der Waals surface area contributed by atoms with Crippen molar-refractivity contribution >= 4 is 40.8 Å². The van der Waals surface area contributed by atoms with Crippen molar-refractivity contribution in [2.75, 3.05) is 0 Å². The first-order chi connectivity index (χ1) is 6.93. The van der Waals surface area contributed by atoms with Gasteiger partial charge in [0.2, 0.25) is 0 Å². The lowest BCUT2D eigenvalue weighted by Crippen LogP contribution is -2.16. The third-order valence-electron chi connectivity index (χ3n) is 1.84. The second kappa shape index (κ2) is 5.03. The molecule has 0 saturated heterocycles. The van der Waals surface area contributed by atoms with Gasteiger partial charge in [-0.15, -0.1) is 0 Å². The zero-order chi connectivity index (χ0) is 11.6. The molecule has 0 bridgehead atoms. The normalized spacial score (nSPS) is 12.5. The summed E-state index contributed by atoms with van der Waals surface area (Å²) < 4.78 is 0. The molecular formula is C9H8Cl3NO2. The third kappa shape index (κ3) is 2.98. The van der Waals surface area contributed by atoms with Crippen LogP contribution in [0.3, 0.4) is 0 Å².